The van der Waals surface area contributed by atoms with Crippen molar-refractivity contribution in [3.05, 3.63) is 27.7 Å². The van der Waals surface area contributed by atoms with Crippen molar-refractivity contribution in [1.29, 1.82) is 0 Å². The minimum atomic E-state index is -0.926. The van der Waals surface area contributed by atoms with Crippen molar-refractivity contribution in [2.75, 3.05) is 5.32 Å². The van der Waals surface area contributed by atoms with Gasteiger partial charge in [0.25, 0.3) is 5.91 Å². The van der Waals surface area contributed by atoms with Gasteiger partial charge < -0.3 is 16.2 Å². The van der Waals surface area contributed by atoms with Crippen LogP contribution in [0.1, 0.15) is 61.7 Å². The van der Waals surface area contributed by atoms with Crippen molar-refractivity contribution in [2.45, 2.75) is 46.5 Å². The molecule has 1 heterocycles. The van der Waals surface area contributed by atoms with Crippen molar-refractivity contribution in [3.8, 4) is 0 Å². The summed E-state index contributed by atoms with van der Waals surface area (Å²) in [4.78, 5) is 37.7. The number of thiophene rings is 1. The number of fused-ring (bicyclic) bond motifs is 2. The number of carbonyl (C=O) groups is 3. The molecule has 0 unspecified atom stereocenters. The van der Waals surface area contributed by atoms with E-state index in [0.29, 0.717) is 5.00 Å². The SMILES string of the molecule is CC(C)=C1[C@H]2CC[C@@H]1[C@@H](C(=O)Nc1sc(C(C)C)cc1C(N)=O)[C@H]2C(=O)O. The highest BCUT2D eigenvalue weighted by Gasteiger charge is 2.57. The van der Waals surface area contributed by atoms with Gasteiger partial charge in [-0.05, 0) is 50.5 Å². The number of aliphatic carboxylic acids is 1. The fourth-order valence-corrected chi connectivity index (χ4v) is 5.84. The lowest BCUT2D eigenvalue weighted by Gasteiger charge is -2.26. The molecule has 2 aliphatic carbocycles. The smallest absolute Gasteiger partial charge is 0.307 e. The number of nitrogens with two attached hydrogens (primary N) is 1. The number of carbonyl (C=O) groups excluding carboxylic acids is 2. The molecule has 1 aromatic heterocycles. The zero-order chi connectivity index (χ0) is 20.0. The molecule has 6 nitrogen and oxygen atoms in total. The van der Waals surface area contributed by atoms with Crippen LogP contribution in [-0.2, 0) is 9.59 Å². The van der Waals surface area contributed by atoms with Crippen LogP contribution >= 0.6 is 11.3 Å². The largest absolute Gasteiger partial charge is 0.481 e. The summed E-state index contributed by atoms with van der Waals surface area (Å²) in [6.45, 7) is 7.97. The Hall–Kier alpha value is -2.15. The molecule has 2 bridgehead atoms. The molecule has 0 aromatic carbocycles. The van der Waals surface area contributed by atoms with Crippen LogP contribution in [0, 0.1) is 23.7 Å². The molecule has 27 heavy (non-hydrogen) atoms. The van der Waals surface area contributed by atoms with Crippen LogP contribution in [0.25, 0.3) is 0 Å². The van der Waals surface area contributed by atoms with Gasteiger partial charge in [0.15, 0.2) is 0 Å². The Morgan fingerprint density at radius 3 is 2.26 bits per heavy atom. The van der Waals surface area contributed by atoms with Crippen LogP contribution in [0.2, 0.25) is 0 Å². The maximum absolute atomic E-state index is 13.1. The summed E-state index contributed by atoms with van der Waals surface area (Å²) in [6.07, 6.45) is 1.65. The molecule has 2 fully saturated rings. The normalized spacial score (nSPS) is 26.5. The molecule has 146 valence electrons. The van der Waals surface area contributed by atoms with Crippen molar-refractivity contribution in [3.63, 3.8) is 0 Å². The van der Waals surface area contributed by atoms with Gasteiger partial charge in [0.1, 0.15) is 5.00 Å². The Bertz CT molecular complexity index is 835. The van der Waals surface area contributed by atoms with Crippen LogP contribution in [0.15, 0.2) is 17.2 Å². The third kappa shape index (κ3) is 3.29. The standard InChI is InChI=1S/C20H26N2O4S/c1-8(2)13-7-12(17(21)23)19(27-13)22-18(24)15-10-5-6-11(14(10)9(3)4)16(15)20(25)26/h7-8,10-11,15-16H,5-6H2,1-4H3,(H2,21,23)(H,22,24)(H,25,26)/t10-,11+,15+,16-/m0/s1. The molecule has 2 amide bonds. The second-order valence-electron chi connectivity index (χ2n) is 8.04. The highest BCUT2D eigenvalue weighted by Crippen LogP contribution is 2.57. The maximum Gasteiger partial charge on any atom is 0.307 e. The number of carboxylic acids is 1. The summed E-state index contributed by atoms with van der Waals surface area (Å²) in [5, 5.41) is 13.0. The van der Waals surface area contributed by atoms with Gasteiger partial charge in [-0.15, -0.1) is 11.3 Å². The van der Waals surface area contributed by atoms with Gasteiger partial charge in [-0.25, -0.2) is 0 Å². The number of hydrogen-bond acceptors (Lipinski definition) is 4. The van der Waals surface area contributed by atoms with E-state index < -0.39 is 23.7 Å². The Labute approximate surface area is 162 Å². The van der Waals surface area contributed by atoms with Crippen LogP contribution in [0.5, 0.6) is 0 Å². The Balaban J connectivity index is 1.93. The fourth-order valence-electron chi connectivity index (χ4n) is 4.77. The van der Waals surface area contributed by atoms with Crippen LogP contribution in [0.3, 0.4) is 0 Å². The summed E-state index contributed by atoms with van der Waals surface area (Å²) in [6, 6.07) is 1.71. The zero-order valence-electron chi connectivity index (χ0n) is 16.0. The Kier molecular flexibility index (Phi) is 5.16. The molecule has 3 rings (SSSR count). The van der Waals surface area contributed by atoms with Gasteiger partial charge in [-0.2, -0.15) is 0 Å². The predicted octanol–water partition coefficient (Wildman–Crippen LogP) is 3.60. The molecular weight excluding hydrogens is 364 g/mol. The lowest BCUT2D eigenvalue weighted by Crippen LogP contribution is -2.38. The average Bonchev–Trinajstić information content (AvgIpc) is 3.24. The lowest BCUT2D eigenvalue weighted by molar-refractivity contribution is -0.148. The third-order valence-corrected chi connectivity index (χ3v) is 7.18. The van der Waals surface area contributed by atoms with E-state index in [9.17, 15) is 19.5 Å². The van der Waals surface area contributed by atoms with E-state index in [0.717, 1.165) is 28.9 Å². The number of nitrogens with one attached hydrogen (secondary N) is 1. The molecule has 2 saturated carbocycles. The van der Waals surface area contributed by atoms with Gasteiger partial charge in [0.05, 0.1) is 17.4 Å². The summed E-state index contributed by atoms with van der Waals surface area (Å²) in [7, 11) is 0. The van der Waals surface area contributed by atoms with Crippen LogP contribution in [-0.4, -0.2) is 22.9 Å². The molecule has 4 atom stereocenters. The first-order chi connectivity index (χ1) is 12.6. The lowest BCUT2D eigenvalue weighted by atomic mass is 9.79. The van der Waals surface area contributed by atoms with Gasteiger partial charge in [-0.3, -0.25) is 14.4 Å². The van der Waals surface area contributed by atoms with Gasteiger partial charge in [0.2, 0.25) is 5.91 Å². The molecule has 7 heteroatoms. The highest BCUT2D eigenvalue weighted by molar-refractivity contribution is 7.16. The molecule has 0 aliphatic heterocycles. The van der Waals surface area contributed by atoms with Gasteiger partial charge in [0, 0.05) is 4.88 Å². The summed E-state index contributed by atoms with van der Waals surface area (Å²) in [5.41, 5.74) is 8.00. The van der Waals surface area contributed by atoms with E-state index in [-0.39, 0.29) is 29.2 Å². The van der Waals surface area contributed by atoms with E-state index in [1.807, 2.05) is 27.7 Å². The van der Waals surface area contributed by atoms with E-state index in [2.05, 4.69) is 5.32 Å². The third-order valence-electron chi connectivity index (χ3n) is 5.83. The minimum Gasteiger partial charge on any atom is -0.481 e. The molecule has 0 radical (unpaired) electrons. The predicted molar refractivity (Wildman–Crippen MR) is 105 cm³/mol. The van der Waals surface area contributed by atoms with E-state index >= 15 is 0 Å². The summed E-state index contributed by atoms with van der Waals surface area (Å²) >= 11 is 1.33. The van der Waals surface area contributed by atoms with Crippen molar-refractivity contribution < 1.29 is 19.5 Å². The molecule has 0 spiro atoms. The topological polar surface area (TPSA) is 109 Å². The molecule has 2 aliphatic rings. The van der Waals surface area contributed by atoms with Gasteiger partial charge >= 0.3 is 5.97 Å². The number of hydrogen-bond donors (Lipinski definition) is 3. The average molecular weight is 391 g/mol. The minimum absolute atomic E-state index is 0.0392. The quantitative estimate of drug-likeness (QED) is 0.667. The number of allylic oxidation sites excluding steroid dienone is 2. The van der Waals surface area contributed by atoms with E-state index in [1.165, 1.54) is 11.3 Å². The van der Waals surface area contributed by atoms with Crippen molar-refractivity contribution in [2.24, 2.45) is 29.4 Å². The number of carboxylic acid groups (broad SMARTS) is 1. The first-order valence-electron chi connectivity index (χ1n) is 9.27. The van der Waals surface area contributed by atoms with E-state index in [1.54, 1.807) is 6.07 Å². The first kappa shape index (κ1) is 19.6. The second kappa shape index (κ2) is 7.11. The monoisotopic (exact) mass is 390 g/mol. The first-order valence-corrected chi connectivity index (χ1v) is 10.1. The van der Waals surface area contributed by atoms with Crippen LogP contribution < -0.4 is 11.1 Å². The molecule has 0 saturated heterocycles. The molecule has 1 aromatic rings. The van der Waals surface area contributed by atoms with E-state index in [4.69, 9.17) is 5.73 Å². The summed E-state index contributed by atoms with van der Waals surface area (Å²) < 4.78 is 0. The van der Waals surface area contributed by atoms with Crippen molar-refractivity contribution >= 4 is 34.1 Å². The summed E-state index contributed by atoms with van der Waals surface area (Å²) in [5.74, 6) is -3.09. The number of anilines is 1. The zero-order valence-corrected chi connectivity index (χ0v) is 16.9. The second-order valence-corrected chi connectivity index (χ2v) is 9.12. The molecular formula is C20H26N2O4S. The number of primary amides is 1. The number of rotatable bonds is 5. The Morgan fingerprint density at radius 2 is 1.78 bits per heavy atom. The van der Waals surface area contributed by atoms with Gasteiger partial charge in [-0.1, -0.05) is 25.0 Å². The maximum atomic E-state index is 13.1. The Morgan fingerprint density at radius 1 is 1.19 bits per heavy atom. The fraction of sp³-hybridized carbons (Fsp3) is 0.550. The van der Waals surface area contributed by atoms with Crippen LogP contribution in [0.4, 0.5) is 5.00 Å². The highest BCUT2D eigenvalue weighted by atomic mass is 32.1. The number of amides is 2. The molecule has 4 N–H and O–H groups in total. The van der Waals surface area contributed by atoms with Crippen molar-refractivity contribution in [1.82, 2.24) is 0 Å².